The second kappa shape index (κ2) is 6.81. The van der Waals surface area contributed by atoms with Crippen LogP contribution in [0.25, 0.3) is 11.3 Å². The summed E-state index contributed by atoms with van der Waals surface area (Å²) < 4.78 is 4.80. The number of rotatable bonds is 4. The summed E-state index contributed by atoms with van der Waals surface area (Å²) in [7, 11) is 0. The van der Waals surface area contributed by atoms with Crippen molar-refractivity contribution in [3.05, 3.63) is 0 Å². The molecule has 134 valence electrons. The lowest BCUT2D eigenvalue weighted by atomic mass is 9.98. The van der Waals surface area contributed by atoms with E-state index in [1.165, 1.54) is 12.8 Å². The highest BCUT2D eigenvalue weighted by atomic mass is 16.6. The Morgan fingerprint density at radius 1 is 1.08 bits per heavy atom. The third-order valence-electron chi connectivity index (χ3n) is 4.94. The van der Waals surface area contributed by atoms with Gasteiger partial charge in [-0.3, -0.25) is 4.79 Å². The molecule has 25 heavy (non-hydrogen) atoms. The highest BCUT2D eigenvalue weighted by molar-refractivity contribution is 5.75. The van der Waals surface area contributed by atoms with E-state index < -0.39 is 0 Å². The molecule has 2 aliphatic heterocycles. The lowest BCUT2D eigenvalue weighted by molar-refractivity contribution is -0.119. The Kier molecular flexibility index (Phi) is 4.37. The number of amides is 1. The second-order valence-corrected chi connectivity index (χ2v) is 6.87. The fourth-order valence-corrected chi connectivity index (χ4v) is 3.69. The molecule has 2 saturated heterocycles. The molecule has 4 rings (SSSR count). The fourth-order valence-electron chi connectivity index (χ4n) is 3.69. The van der Waals surface area contributed by atoms with E-state index in [0.29, 0.717) is 23.8 Å². The summed E-state index contributed by atoms with van der Waals surface area (Å²) in [5.41, 5.74) is 0.902. The first-order valence-corrected chi connectivity index (χ1v) is 8.95. The Morgan fingerprint density at radius 3 is 2.40 bits per heavy atom. The van der Waals surface area contributed by atoms with E-state index in [9.17, 15) is 4.79 Å². The zero-order valence-corrected chi connectivity index (χ0v) is 14.4. The number of carbonyl (C=O) groups is 1. The first kappa shape index (κ1) is 16.0. The molecular weight excluding hydrogens is 322 g/mol. The number of hydrogen-bond donors (Lipinski definition) is 1. The molecule has 2 aromatic heterocycles. The van der Waals surface area contributed by atoms with Crippen LogP contribution in [0.1, 0.15) is 32.6 Å². The number of piperidine rings is 1. The number of aromatic nitrogens is 4. The third kappa shape index (κ3) is 3.35. The molecule has 2 aliphatic rings. The van der Waals surface area contributed by atoms with Crippen molar-refractivity contribution < 1.29 is 9.42 Å². The topological polar surface area (TPSA) is 100 Å². The van der Waals surface area contributed by atoms with Gasteiger partial charge in [-0.05, 0) is 41.9 Å². The monoisotopic (exact) mass is 345 g/mol. The molecule has 2 fully saturated rings. The molecule has 9 heteroatoms. The lowest BCUT2D eigenvalue weighted by Crippen LogP contribution is -2.41. The number of anilines is 2. The van der Waals surface area contributed by atoms with Crippen molar-refractivity contribution in [2.24, 2.45) is 5.92 Å². The largest absolute Gasteiger partial charge is 0.356 e. The van der Waals surface area contributed by atoms with Crippen LogP contribution in [0.4, 0.5) is 11.6 Å². The SMILES string of the molecule is CC(=O)NC[C@H]1CCCN(c2nc3nonc3nc2N2CCCC2)C1. The quantitative estimate of drug-likeness (QED) is 0.875. The van der Waals surface area contributed by atoms with E-state index in [1.54, 1.807) is 6.92 Å². The van der Waals surface area contributed by atoms with E-state index in [0.717, 1.165) is 50.7 Å². The summed E-state index contributed by atoms with van der Waals surface area (Å²) >= 11 is 0. The summed E-state index contributed by atoms with van der Waals surface area (Å²) in [5.74, 6) is 2.17. The van der Waals surface area contributed by atoms with Gasteiger partial charge in [0.05, 0.1) is 0 Å². The van der Waals surface area contributed by atoms with Crippen molar-refractivity contribution in [1.29, 1.82) is 0 Å². The first-order valence-electron chi connectivity index (χ1n) is 8.95. The Balaban J connectivity index is 1.62. The Bertz CT molecular complexity index is 756. The minimum atomic E-state index is 0.0183. The maximum Gasteiger partial charge on any atom is 0.245 e. The van der Waals surface area contributed by atoms with Crippen molar-refractivity contribution in [2.45, 2.75) is 32.6 Å². The Morgan fingerprint density at radius 2 is 1.72 bits per heavy atom. The van der Waals surface area contributed by atoms with Gasteiger partial charge in [-0.1, -0.05) is 0 Å². The minimum absolute atomic E-state index is 0.0183. The van der Waals surface area contributed by atoms with Crippen LogP contribution in [-0.2, 0) is 4.79 Å². The number of fused-ring (bicyclic) bond motifs is 1. The van der Waals surface area contributed by atoms with Crippen LogP contribution in [0.15, 0.2) is 4.63 Å². The van der Waals surface area contributed by atoms with Crippen LogP contribution < -0.4 is 15.1 Å². The summed E-state index contributed by atoms with van der Waals surface area (Å²) in [6.07, 6.45) is 4.51. The van der Waals surface area contributed by atoms with Crippen LogP contribution >= 0.6 is 0 Å². The first-order chi connectivity index (χ1) is 12.2. The van der Waals surface area contributed by atoms with Gasteiger partial charge in [-0.15, -0.1) is 0 Å². The molecule has 0 spiro atoms. The number of nitrogens with one attached hydrogen (secondary N) is 1. The highest BCUT2D eigenvalue weighted by Gasteiger charge is 2.28. The molecular formula is C16H23N7O2. The van der Waals surface area contributed by atoms with Gasteiger partial charge in [-0.2, -0.15) is 0 Å². The molecule has 0 aromatic carbocycles. The second-order valence-electron chi connectivity index (χ2n) is 6.87. The predicted molar refractivity (Wildman–Crippen MR) is 92.5 cm³/mol. The van der Waals surface area contributed by atoms with E-state index in [-0.39, 0.29) is 5.91 Å². The van der Waals surface area contributed by atoms with Crippen molar-refractivity contribution in [1.82, 2.24) is 25.6 Å². The van der Waals surface area contributed by atoms with Gasteiger partial charge in [0, 0.05) is 39.6 Å². The maximum absolute atomic E-state index is 11.2. The maximum atomic E-state index is 11.2. The van der Waals surface area contributed by atoms with Crippen molar-refractivity contribution in [3.8, 4) is 0 Å². The molecule has 9 nitrogen and oxygen atoms in total. The molecule has 1 amide bonds. The molecule has 0 bridgehead atoms. The molecule has 1 atom stereocenters. The van der Waals surface area contributed by atoms with Gasteiger partial charge in [0.25, 0.3) is 0 Å². The van der Waals surface area contributed by atoms with Crippen molar-refractivity contribution in [3.63, 3.8) is 0 Å². The summed E-state index contributed by atoms with van der Waals surface area (Å²) in [4.78, 5) is 25.1. The average Bonchev–Trinajstić information content (AvgIpc) is 3.30. The summed E-state index contributed by atoms with van der Waals surface area (Å²) in [6.45, 7) is 6.02. The molecule has 4 heterocycles. The van der Waals surface area contributed by atoms with Crippen LogP contribution in [0, 0.1) is 5.92 Å². The molecule has 1 N–H and O–H groups in total. The zero-order chi connectivity index (χ0) is 17.2. The van der Waals surface area contributed by atoms with E-state index in [1.807, 2.05) is 0 Å². The summed E-state index contributed by atoms with van der Waals surface area (Å²) in [6, 6.07) is 0. The Labute approximate surface area is 145 Å². The van der Waals surface area contributed by atoms with Crippen LogP contribution in [0.2, 0.25) is 0 Å². The van der Waals surface area contributed by atoms with Gasteiger partial charge in [0.1, 0.15) is 0 Å². The number of nitrogens with zero attached hydrogens (tertiary/aromatic N) is 6. The Hall–Kier alpha value is -2.45. The van der Waals surface area contributed by atoms with Gasteiger partial charge >= 0.3 is 0 Å². The minimum Gasteiger partial charge on any atom is -0.356 e. The van der Waals surface area contributed by atoms with Gasteiger partial charge in [-0.25, -0.2) is 14.6 Å². The molecule has 0 radical (unpaired) electrons. The van der Waals surface area contributed by atoms with Crippen molar-refractivity contribution in [2.75, 3.05) is 42.5 Å². The zero-order valence-electron chi connectivity index (χ0n) is 14.4. The normalized spacial score (nSPS) is 21.1. The van der Waals surface area contributed by atoms with E-state index >= 15 is 0 Å². The van der Waals surface area contributed by atoms with Gasteiger partial charge < -0.3 is 15.1 Å². The molecule has 0 saturated carbocycles. The highest BCUT2D eigenvalue weighted by Crippen LogP contribution is 2.32. The summed E-state index contributed by atoms with van der Waals surface area (Å²) in [5, 5.41) is 10.6. The predicted octanol–water partition coefficient (Wildman–Crippen LogP) is 0.965. The fraction of sp³-hybridized carbons (Fsp3) is 0.688. The van der Waals surface area contributed by atoms with Gasteiger partial charge in [0.15, 0.2) is 11.6 Å². The molecule has 0 unspecified atom stereocenters. The number of hydrogen-bond acceptors (Lipinski definition) is 8. The third-order valence-corrected chi connectivity index (χ3v) is 4.94. The van der Waals surface area contributed by atoms with Crippen LogP contribution in [0.3, 0.4) is 0 Å². The lowest BCUT2D eigenvalue weighted by Gasteiger charge is -2.35. The van der Waals surface area contributed by atoms with Crippen LogP contribution in [0.5, 0.6) is 0 Å². The smallest absolute Gasteiger partial charge is 0.245 e. The van der Waals surface area contributed by atoms with Crippen molar-refractivity contribution >= 4 is 28.8 Å². The number of carbonyl (C=O) groups excluding carboxylic acids is 1. The average molecular weight is 345 g/mol. The molecule has 2 aromatic rings. The van der Waals surface area contributed by atoms with E-state index in [2.05, 4.69) is 30.4 Å². The standard InChI is InChI=1S/C16H23N7O2/c1-11(24)17-9-12-5-4-8-23(10-12)16-15(22-6-2-3-7-22)18-13-14(19-16)21-25-20-13/h12H,2-10H2,1H3,(H,17,24)/t12-/m1/s1. The van der Waals surface area contributed by atoms with Gasteiger partial charge in [0.2, 0.25) is 17.2 Å². The van der Waals surface area contributed by atoms with E-state index in [4.69, 9.17) is 9.61 Å². The molecule has 0 aliphatic carbocycles. The van der Waals surface area contributed by atoms with Crippen LogP contribution in [-0.4, -0.2) is 58.9 Å².